The zero-order valence-electron chi connectivity index (χ0n) is 4.48. The van der Waals surface area contributed by atoms with E-state index in [4.69, 9.17) is 0 Å². The highest BCUT2D eigenvalue weighted by atomic mass is 14.8. The largest absolute Gasteiger partial charge is 0.391 e. The van der Waals surface area contributed by atoms with Gasteiger partial charge in [0.15, 0.2) is 0 Å². The first-order valence-corrected chi connectivity index (χ1v) is 2.38. The molecule has 1 heteroatoms. The van der Waals surface area contributed by atoms with Crippen LogP contribution in [-0.4, -0.2) is 6.54 Å². The van der Waals surface area contributed by atoms with Gasteiger partial charge in [-0.25, -0.2) is 0 Å². The molecule has 1 aliphatic rings. The monoisotopic (exact) mass is 97.1 g/mol. The van der Waals surface area contributed by atoms with Gasteiger partial charge in [-0.15, -0.1) is 13.2 Å². The molecule has 0 amide bonds. The third-order valence-electron chi connectivity index (χ3n) is 0.691. The van der Waals surface area contributed by atoms with Crippen LogP contribution in [0.15, 0.2) is 25.4 Å². The Kier molecular flexibility index (Phi) is 4.74. The van der Waals surface area contributed by atoms with E-state index in [1.165, 1.54) is 6.42 Å². The van der Waals surface area contributed by atoms with Crippen molar-refractivity contribution in [3.05, 3.63) is 25.4 Å². The second-order valence-electron chi connectivity index (χ2n) is 1.15. The van der Waals surface area contributed by atoms with Gasteiger partial charge in [-0.1, -0.05) is 6.08 Å². The Balaban J connectivity index is 0.000000162. The maximum absolute atomic E-state index is 3.04. The average molecular weight is 97.2 g/mol. The van der Waals surface area contributed by atoms with Crippen LogP contribution in [0.3, 0.4) is 0 Å². The van der Waals surface area contributed by atoms with Gasteiger partial charge in [-0.05, 0) is 12.6 Å². The maximum Gasteiger partial charge on any atom is 0.0176 e. The van der Waals surface area contributed by atoms with Gasteiger partial charge in [0.2, 0.25) is 0 Å². The van der Waals surface area contributed by atoms with E-state index < -0.39 is 0 Å². The van der Waals surface area contributed by atoms with E-state index >= 15 is 0 Å². The Labute approximate surface area is 44.7 Å². The summed E-state index contributed by atoms with van der Waals surface area (Å²) in [6.45, 7) is 7.14. The fraction of sp³-hybridized carbons (Fsp3) is 0.333. The van der Waals surface area contributed by atoms with E-state index in [1.807, 2.05) is 6.20 Å². The summed E-state index contributed by atoms with van der Waals surface area (Å²) in [6.07, 6.45) is 5.32. The van der Waals surface area contributed by atoms with Crippen molar-refractivity contribution in [2.45, 2.75) is 6.42 Å². The number of rotatable bonds is 0. The third-order valence-corrected chi connectivity index (χ3v) is 0.691. The van der Waals surface area contributed by atoms with E-state index in [9.17, 15) is 0 Å². The van der Waals surface area contributed by atoms with E-state index in [1.54, 1.807) is 0 Å². The van der Waals surface area contributed by atoms with Crippen LogP contribution >= 0.6 is 0 Å². The molecule has 0 bridgehead atoms. The van der Waals surface area contributed by atoms with Gasteiger partial charge < -0.3 is 5.32 Å². The van der Waals surface area contributed by atoms with E-state index in [0.717, 1.165) is 6.54 Å². The van der Waals surface area contributed by atoms with Gasteiger partial charge in [0, 0.05) is 6.54 Å². The summed E-state index contributed by atoms with van der Waals surface area (Å²) in [7, 11) is 0. The summed E-state index contributed by atoms with van der Waals surface area (Å²) >= 11 is 0. The second-order valence-corrected chi connectivity index (χ2v) is 1.15. The van der Waals surface area contributed by atoms with Crippen LogP contribution in [-0.2, 0) is 0 Å². The Hall–Kier alpha value is -0.720. The molecule has 1 heterocycles. The van der Waals surface area contributed by atoms with Crippen molar-refractivity contribution in [3.63, 3.8) is 0 Å². The summed E-state index contributed by atoms with van der Waals surface area (Å²) in [5.41, 5.74) is 0. The maximum atomic E-state index is 3.04. The minimum absolute atomic E-state index is 1.14. The van der Waals surface area contributed by atoms with Crippen molar-refractivity contribution in [3.8, 4) is 0 Å². The lowest BCUT2D eigenvalue weighted by atomic mass is 10.5. The van der Waals surface area contributed by atoms with Gasteiger partial charge in [-0.3, -0.25) is 0 Å². The molecule has 0 aliphatic carbocycles. The minimum atomic E-state index is 1.14. The van der Waals surface area contributed by atoms with Crippen LogP contribution in [0.5, 0.6) is 0 Å². The fourth-order valence-corrected chi connectivity index (χ4v) is 0.417. The Bertz CT molecular complexity index is 51.2. The molecule has 7 heavy (non-hydrogen) atoms. The summed E-state index contributed by atoms with van der Waals surface area (Å²) in [5.74, 6) is 0. The first-order chi connectivity index (χ1) is 3.50. The molecule has 0 aromatic carbocycles. The van der Waals surface area contributed by atoms with E-state index in [0.29, 0.717) is 0 Å². The highest BCUT2D eigenvalue weighted by Crippen LogP contribution is 1.84. The van der Waals surface area contributed by atoms with Crippen LogP contribution < -0.4 is 5.32 Å². The highest BCUT2D eigenvalue weighted by Gasteiger charge is 1.81. The quantitative estimate of drug-likeness (QED) is 0.449. The number of hydrogen-bond donors (Lipinski definition) is 1. The Morgan fingerprint density at radius 3 is 2.29 bits per heavy atom. The van der Waals surface area contributed by atoms with Crippen LogP contribution in [0.1, 0.15) is 6.42 Å². The molecule has 1 rings (SSSR count). The molecule has 0 saturated carbocycles. The van der Waals surface area contributed by atoms with Gasteiger partial charge >= 0.3 is 0 Å². The van der Waals surface area contributed by atoms with Gasteiger partial charge in [0.25, 0.3) is 0 Å². The molecular formula is C6H11N. The predicted octanol–water partition coefficient (Wildman–Crippen LogP) is 1.30. The highest BCUT2D eigenvalue weighted by molar-refractivity contribution is 4.86. The summed E-state index contributed by atoms with van der Waals surface area (Å²) in [6, 6.07) is 0. The summed E-state index contributed by atoms with van der Waals surface area (Å²) in [5, 5.41) is 3.04. The van der Waals surface area contributed by atoms with Crippen molar-refractivity contribution in [1.29, 1.82) is 0 Å². The summed E-state index contributed by atoms with van der Waals surface area (Å²) < 4.78 is 0. The molecule has 1 nitrogen and oxygen atoms in total. The van der Waals surface area contributed by atoms with Crippen LogP contribution in [0.25, 0.3) is 0 Å². The zero-order valence-corrected chi connectivity index (χ0v) is 4.48. The molecule has 0 aromatic rings. The lowest BCUT2D eigenvalue weighted by Gasteiger charge is -1.78. The SMILES string of the molecule is C1=CNCC1.C=C. The molecule has 0 aromatic heterocycles. The van der Waals surface area contributed by atoms with Gasteiger partial charge in [0.1, 0.15) is 0 Å². The molecule has 0 fully saturated rings. The van der Waals surface area contributed by atoms with Crippen molar-refractivity contribution in [2.75, 3.05) is 6.54 Å². The van der Waals surface area contributed by atoms with E-state index in [2.05, 4.69) is 24.6 Å². The number of nitrogens with one attached hydrogen (secondary N) is 1. The second kappa shape index (κ2) is 5.28. The van der Waals surface area contributed by atoms with Crippen LogP contribution in [0, 0.1) is 0 Å². The fourth-order valence-electron chi connectivity index (χ4n) is 0.417. The Morgan fingerprint density at radius 2 is 2.14 bits per heavy atom. The van der Waals surface area contributed by atoms with Crippen molar-refractivity contribution >= 4 is 0 Å². The van der Waals surface area contributed by atoms with E-state index in [-0.39, 0.29) is 0 Å². The molecular weight excluding hydrogens is 86.1 g/mol. The molecule has 0 spiro atoms. The minimum Gasteiger partial charge on any atom is -0.391 e. The van der Waals surface area contributed by atoms with Crippen LogP contribution in [0.4, 0.5) is 0 Å². The molecule has 1 N–H and O–H groups in total. The predicted molar refractivity (Wildman–Crippen MR) is 33.0 cm³/mol. The third kappa shape index (κ3) is 3.10. The van der Waals surface area contributed by atoms with Crippen molar-refractivity contribution < 1.29 is 0 Å². The molecule has 0 atom stereocenters. The van der Waals surface area contributed by atoms with Gasteiger partial charge in [0.05, 0.1) is 0 Å². The normalized spacial score (nSPS) is 14.3. The van der Waals surface area contributed by atoms with Crippen molar-refractivity contribution in [2.24, 2.45) is 0 Å². The molecule has 0 radical (unpaired) electrons. The number of hydrogen-bond acceptors (Lipinski definition) is 1. The van der Waals surface area contributed by atoms with Crippen LogP contribution in [0.2, 0.25) is 0 Å². The lowest BCUT2D eigenvalue weighted by Crippen LogP contribution is -1.96. The molecule has 1 aliphatic heterocycles. The smallest absolute Gasteiger partial charge is 0.0176 e. The van der Waals surface area contributed by atoms with Crippen molar-refractivity contribution in [1.82, 2.24) is 5.32 Å². The Morgan fingerprint density at radius 1 is 1.43 bits per heavy atom. The standard InChI is InChI=1S/C4H7N.C2H4/c1-2-4-5-3-1;1-2/h1,3,5H,2,4H2;1-2H2. The first kappa shape index (κ1) is 6.28. The molecule has 0 unspecified atom stereocenters. The zero-order chi connectivity index (χ0) is 5.54. The summed E-state index contributed by atoms with van der Waals surface area (Å²) in [4.78, 5) is 0. The molecule has 0 saturated heterocycles. The molecule has 40 valence electrons. The average Bonchev–Trinajstić information content (AvgIpc) is 2.23. The topological polar surface area (TPSA) is 12.0 Å². The lowest BCUT2D eigenvalue weighted by molar-refractivity contribution is 0.917. The first-order valence-electron chi connectivity index (χ1n) is 2.38. The van der Waals surface area contributed by atoms with Gasteiger partial charge in [-0.2, -0.15) is 0 Å².